The van der Waals surface area contributed by atoms with Gasteiger partial charge in [0.05, 0.1) is 17.7 Å². The molecule has 0 aromatic heterocycles. The number of rotatable bonds is 6. The van der Waals surface area contributed by atoms with Crippen molar-refractivity contribution >= 4 is 23.3 Å². The largest absolute Gasteiger partial charge is 0.481 e. The highest BCUT2D eigenvalue weighted by atomic mass is 35.5. The highest BCUT2D eigenvalue weighted by molar-refractivity contribution is 6.30. The van der Waals surface area contributed by atoms with E-state index in [-0.39, 0.29) is 12.5 Å². The third-order valence-electron chi connectivity index (χ3n) is 2.52. The minimum Gasteiger partial charge on any atom is -0.481 e. The van der Waals surface area contributed by atoms with Crippen LogP contribution in [-0.4, -0.2) is 17.1 Å². The monoisotopic (exact) mass is 266 g/mol. The number of nitriles is 1. The minimum absolute atomic E-state index is 0.0291. The van der Waals surface area contributed by atoms with Crippen molar-refractivity contribution in [2.45, 2.75) is 32.2 Å². The van der Waals surface area contributed by atoms with Crippen molar-refractivity contribution in [2.75, 3.05) is 5.32 Å². The van der Waals surface area contributed by atoms with Crippen LogP contribution in [0.1, 0.15) is 31.7 Å². The molecule has 0 heterocycles. The smallest absolute Gasteiger partial charge is 0.305 e. The first-order valence-electron chi connectivity index (χ1n) is 5.74. The third kappa shape index (κ3) is 4.27. The second kappa shape index (κ2) is 6.87. The molecule has 1 atom stereocenters. The standard InChI is InChI=1S/C13H15ClN2O2/c1-2-3-11(7-13(17)18)16-12-5-4-10(14)6-9(12)8-15/h4-6,11,16H,2-3,7H2,1H3,(H,17,18). The Hall–Kier alpha value is -1.73. The summed E-state index contributed by atoms with van der Waals surface area (Å²) in [6, 6.07) is 6.80. The fourth-order valence-electron chi connectivity index (χ4n) is 1.74. The van der Waals surface area contributed by atoms with E-state index >= 15 is 0 Å². The molecule has 0 saturated heterocycles. The van der Waals surface area contributed by atoms with E-state index in [0.29, 0.717) is 16.3 Å². The zero-order valence-electron chi connectivity index (χ0n) is 10.1. The van der Waals surface area contributed by atoms with Gasteiger partial charge in [0.25, 0.3) is 0 Å². The van der Waals surface area contributed by atoms with Crippen molar-refractivity contribution in [3.63, 3.8) is 0 Å². The molecule has 0 aliphatic carbocycles. The van der Waals surface area contributed by atoms with Crippen LogP contribution in [0, 0.1) is 11.3 Å². The van der Waals surface area contributed by atoms with Crippen molar-refractivity contribution in [1.29, 1.82) is 5.26 Å². The van der Waals surface area contributed by atoms with Crippen LogP contribution < -0.4 is 5.32 Å². The Morgan fingerprint density at radius 2 is 2.33 bits per heavy atom. The summed E-state index contributed by atoms with van der Waals surface area (Å²) in [5.41, 5.74) is 1.05. The number of carboxylic acid groups (broad SMARTS) is 1. The predicted octanol–water partition coefficient (Wildman–Crippen LogP) is 3.27. The van der Waals surface area contributed by atoms with Gasteiger partial charge in [-0.2, -0.15) is 5.26 Å². The number of hydrogen-bond donors (Lipinski definition) is 2. The Labute approximate surface area is 111 Å². The van der Waals surface area contributed by atoms with Gasteiger partial charge in [0.15, 0.2) is 0 Å². The molecule has 1 unspecified atom stereocenters. The molecule has 1 rings (SSSR count). The molecule has 0 saturated carbocycles. The van der Waals surface area contributed by atoms with E-state index in [1.165, 1.54) is 0 Å². The summed E-state index contributed by atoms with van der Waals surface area (Å²) in [6.45, 7) is 1.99. The van der Waals surface area contributed by atoms with Gasteiger partial charge >= 0.3 is 5.97 Å². The number of benzene rings is 1. The summed E-state index contributed by atoms with van der Waals surface area (Å²) in [5, 5.41) is 21.4. The van der Waals surface area contributed by atoms with Gasteiger partial charge in [-0.25, -0.2) is 0 Å². The minimum atomic E-state index is -0.853. The molecule has 2 N–H and O–H groups in total. The van der Waals surface area contributed by atoms with E-state index in [2.05, 4.69) is 5.32 Å². The average molecular weight is 267 g/mol. The van der Waals surface area contributed by atoms with Crippen LogP contribution in [0.5, 0.6) is 0 Å². The molecule has 1 aromatic rings. The van der Waals surface area contributed by atoms with Crippen LogP contribution in [-0.2, 0) is 4.79 Å². The maximum Gasteiger partial charge on any atom is 0.305 e. The second-order valence-electron chi connectivity index (χ2n) is 4.03. The van der Waals surface area contributed by atoms with Crippen LogP contribution in [0.25, 0.3) is 0 Å². The SMILES string of the molecule is CCCC(CC(=O)O)Nc1ccc(Cl)cc1C#N. The Balaban J connectivity index is 2.86. The lowest BCUT2D eigenvalue weighted by Crippen LogP contribution is -2.23. The molecule has 0 aliphatic rings. The van der Waals surface area contributed by atoms with Crippen molar-refractivity contribution in [3.05, 3.63) is 28.8 Å². The number of carboxylic acids is 1. The Morgan fingerprint density at radius 3 is 2.89 bits per heavy atom. The van der Waals surface area contributed by atoms with E-state index in [4.69, 9.17) is 22.0 Å². The summed E-state index contributed by atoms with van der Waals surface area (Å²) < 4.78 is 0. The average Bonchev–Trinajstić information content (AvgIpc) is 2.31. The predicted molar refractivity (Wildman–Crippen MR) is 70.7 cm³/mol. The molecule has 0 aliphatic heterocycles. The van der Waals surface area contributed by atoms with Crippen LogP contribution >= 0.6 is 11.6 Å². The molecule has 0 bridgehead atoms. The summed E-state index contributed by atoms with van der Waals surface area (Å²) in [6.07, 6.45) is 1.64. The molecule has 4 nitrogen and oxygen atoms in total. The topological polar surface area (TPSA) is 73.1 Å². The lowest BCUT2D eigenvalue weighted by atomic mass is 10.1. The normalized spacial score (nSPS) is 11.6. The Kier molecular flexibility index (Phi) is 5.47. The fourth-order valence-corrected chi connectivity index (χ4v) is 1.91. The summed E-state index contributed by atoms with van der Waals surface area (Å²) in [4.78, 5) is 10.8. The van der Waals surface area contributed by atoms with Gasteiger partial charge in [-0.1, -0.05) is 24.9 Å². The number of hydrogen-bond acceptors (Lipinski definition) is 3. The Morgan fingerprint density at radius 1 is 1.61 bits per heavy atom. The van der Waals surface area contributed by atoms with Gasteiger partial charge in [0.2, 0.25) is 0 Å². The number of nitrogens with zero attached hydrogens (tertiary/aromatic N) is 1. The van der Waals surface area contributed by atoms with E-state index in [1.54, 1.807) is 18.2 Å². The van der Waals surface area contributed by atoms with Crippen LogP contribution in [0.4, 0.5) is 5.69 Å². The molecule has 0 fully saturated rings. The van der Waals surface area contributed by atoms with Gasteiger partial charge in [0.1, 0.15) is 6.07 Å². The molecule has 1 aromatic carbocycles. The lowest BCUT2D eigenvalue weighted by Gasteiger charge is -2.18. The molecule has 0 amide bonds. The molecule has 0 radical (unpaired) electrons. The van der Waals surface area contributed by atoms with E-state index < -0.39 is 5.97 Å². The molecular formula is C13H15ClN2O2. The quantitative estimate of drug-likeness (QED) is 0.829. The van der Waals surface area contributed by atoms with Crippen molar-refractivity contribution in [1.82, 2.24) is 0 Å². The summed E-state index contributed by atoms with van der Waals surface area (Å²) >= 11 is 5.80. The molecule has 5 heteroatoms. The van der Waals surface area contributed by atoms with Crippen LogP contribution in [0.15, 0.2) is 18.2 Å². The zero-order valence-corrected chi connectivity index (χ0v) is 10.9. The van der Waals surface area contributed by atoms with Crippen molar-refractivity contribution in [3.8, 4) is 6.07 Å². The van der Waals surface area contributed by atoms with Gasteiger partial charge in [0, 0.05) is 11.1 Å². The fraction of sp³-hybridized carbons (Fsp3) is 0.385. The summed E-state index contributed by atoms with van der Waals surface area (Å²) in [5.74, 6) is -0.853. The first-order chi connectivity index (χ1) is 8.56. The van der Waals surface area contributed by atoms with E-state index in [9.17, 15) is 4.79 Å². The maximum absolute atomic E-state index is 10.8. The van der Waals surface area contributed by atoms with Gasteiger partial charge in [-0.05, 0) is 24.6 Å². The van der Waals surface area contributed by atoms with Crippen molar-refractivity contribution < 1.29 is 9.90 Å². The number of anilines is 1. The number of aliphatic carboxylic acids is 1. The number of nitrogens with one attached hydrogen (secondary N) is 1. The number of carbonyl (C=O) groups is 1. The maximum atomic E-state index is 10.8. The van der Waals surface area contributed by atoms with Gasteiger partial charge < -0.3 is 10.4 Å². The molecule has 96 valence electrons. The van der Waals surface area contributed by atoms with E-state index in [0.717, 1.165) is 12.8 Å². The van der Waals surface area contributed by atoms with Crippen molar-refractivity contribution in [2.24, 2.45) is 0 Å². The third-order valence-corrected chi connectivity index (χ3v) is 2.75. The molecule has 0 spiro atoms. The van der Waals surface area contributed by atoms with Gasteiger partial charge in [-0.15, -0.1) is 0 Å². The zero-order chi connectivity index (χ0) is 13.5. The van der Waals surface area contributed by atoms with Crippen LogP contribution in [0.2, 0.25) is 5.02 Å². The molecule has 18 heavy (non-hydrogen) atoms. The van der Waals surface area contributed by atoms with E-state index in [1.807, 2.05) is 13.0 Å². The first-order valence-corrected chi connectivity index (χ1v) is 6.12. The van der Waals surface area contributed by atoms with Gasteiger partial charge in [-0.3, -0.25) is 4.79 Å². The second-order valence-corrected chi connectivity index (χ2v) is 4.47. The first kappa shape index (κ1) is 14.3. The highest BCUT2D eigenvalue weighted by Gasteiger charge is 2.14. The lowest BCUT2D eigenvalue weighted by molar-refractivity contribution is -0.137. The number of halogens is 1. The molecular weight excluding hydrogens is 252 g/mol. The Bertz CT molecular complexity index is 469. The van der Waals surface area contributed by atoms with Crippen LogP contribution in [0.3, 0.4) is 0 Å². The highest BCUT2D eigenvalue weighted by Crippen LogP contribution is 2.22. The summed E-state index contributed by atoms with van der Waals surface area (Å²) in [7, 11) is 0.